The molecule has 1 heterocycles. The second-order valence-electron chi connectivity index (χ2n) is 6.60. The van der Waals surface area contributed by atoms with Crippen LogP contribution in [-0.4, -0.2) is 36.8 Å². The van der Waals surface area contributed by atoms with Gasteiger partial charge in [0, 0.05) is 18.0 Å². The fraction of sp³-hybridized carbons (Fsp3) is 0.381. The number of nitrogens with one attached hydrogen (secondary N) is 2. The number of rotatable bonds is 10. The summed E-state index contributed by atoms with van der Waals surface area (Å²) in [6, 6.07) is 15.3. The van der Waals surface area contributed by atoms with Crippen LogP contribution in [0.4, 0.5) is 0 Å². The van der Waals surface area contributed by atoms with Crippen LogP contribution in [-0.2, 0) is 6.42 Å². The molecule has 2 aromatic carbocycles. The molecule has 0 saturated carbocycles. The largest absolute Gasteiger partial charge is 0.489 e. The summed E-state index contributed by atoms with van der Waals surface area (Å²) in [4.78, 5) is 11.9. The van der Waals surface area contributed by atoms with Gasteiger partial charge in [0.2, 0.25) is 0 Å². The fourth-order valence-corrected chi connectivity index (χ4v) is 3.91. The first-order chi connectivity index (χ1) is 13.2. The van der Waals surface area contributed by atoms with E-state index in [1.165, 1.54) is 17.5 Å². The van der Waals surface area contributed by atoms with E-state index in [2.05, 4.69) is 22.2 Å². The number of aryl methyl sites for hydroxylation is 1. The lowest BCUT2D eigenvalue weighted by atomic mass is 10.0. The maximum Gasteiger partial charge on any atom is 0.336 e. The average Bonchev–Trinajstić information content (AvgIpc) is 2.70. The van der Waals surface area contributed by atoms with Gasteiger partial charge in [-0.1, -0.05) is 30.3 Å². The Morgan fingerprint density at radius 2 is 1.89 bits per heavy atom. The molecule has 5 nitrogen and oxygen atoms in total. The first-order valence-electron chi connectivity index (χ1n) is 9.41. The van der Waals surface area contributed by atoms with E-state index in [0.717, 1.165) is 56.0 Å². The van der Waals surface area contributed by atoms with Crippen LogP contribution in [0.25, 0.3) is 0 Å². The lowest BCUT2D eigenvalue weighted by Gasteiger charge is -2.26. The molecule has 0 amide bonds. The molecule has 1 aliphatic rings. The summed E-state index contributed by atoms with van der Waals surface area (Å²) >= 11 is 1.38. The molecule has 0 radical (unpaired) electrons. The number of carboxylic acids is 1. The van der Waals surface area contributed by atoms with Gasteiger partial charge < -0.3 is 15.2 Å². The Balaban J connectivity index is 1.25. The molecule has 0 unspecified atom stereocenters. The van der Waals surface area contributed by atoms with Gasteiger partial charge in [-0.25, -0.2) is 4.79 Å². The van der Waals surface area contributed by atoms with Crippen LogP contribution in [0, 0.1) is 0 Å². The highest BCUT2D eigenvalue weighted by molar-refractivity contribution is 7.97. The van der Waals surface area contributed by atoms with Crippen LogP contribution in [0.3, 0.4) is 0 Å². The third-order valence-corrected chi connectivity index (χ3v) is 5.48. The van der Waals surface area contributed by atoms with E-state index in [-0.39, 0.29) is 6.10 Å². The number of fused-ring (bicyclic) bond motifs is 1. The van der Waals surface area contributed by atoms with E-state index in [4.69, 9.17) is 9.84 Å². The summed E-state index contributed by atoms with van der Waals surface area (Å²) in [7, 11) is 0. The standard InChI is InChI=1S/C21H26N2O3S/c24-21(25)18-8-2-4-10-20(18)27-23-14-6-5-13-22-15-17-12-11-16-7-1-3-9-19(16)26-17/h1-4,7-10,17,22-23H,5-6,11-15H2,(H,24,25)/t17-/m1/s1. The zero-order valence-electron chi connectivity index (χ0n) is 15.3. The molecule has 144 valence electrons. The third-order valence-electron chi connectivity index (χ3n) is 4.56. The second-order valence-corrected chi connectivity index (χ2v) is 7.53. The normalized spacial score (nSPS) is 15.8. The molecule has 0 fully saturated rings. The predicted molar refractivity (Wildman–Crippen MR) is 109 cm³/mol. The maximum absolute atomic E-state index is 11.2. The van der Waals surface area contributed by atoms with Crippen molar-refractivity contribution in [3.8, 4) is 5.75 Å². The summed E-state index contributed by atoms with van der Waals surface area (Å²) in [6.07, 6.45) is 4.49. The van der Waals surface area contributed by atoms with Crippen LogP contribution >= 0.6 is 11.9 Å². The van der Waals surface area contributed by atoms with Gasteiger partial charge in [0.25, 0.3) is 0 Å². The minimum Gasteiger partial charge on any atom is -0.489 e. The maximum atomic E-state index is 11.2. The van der Waals surface area contributed by atoms with Crippen molar-refractivity contribution < 1.29 is 14.6 Å². The van der Waals surface area contributed by atoms with E-state index >= 15 is 0 Å². The Morgan fingerprint density at radius 3 is 2.78 bits per heavy atom. The lowest BCUT2D eigenvalue weighted by molar-refractivity contribution is 0.0693. The van der Waals surface area contributed by atoms with E-state index in [9.17, 15) is 4.79 Å². The topological polar surface area (TPSA) is 70.6 Å². The number of unbranched alkanes of at least 4 members (excludes halogenated alkanes) is 1. The molecule has 3 N–H and O–H groups in total. The quantitative estimate of drug-likeness (QED) is 0.427. The summed E-state index contributed by atoms with van der Waals surface area (Å²) in [6.45, 7) is 2.68. The number of hydrogen-bond acceptors (Lipinski definition) is 5. The molecule has 2 aromatic rings. The summed E-state index contributed by atoms with van der Waals surface area (Å²) in [5.74, 6) is 0.134. The number of para-hydroxylation sites is 1. The minimum atomic E-state index is -0.892. The average molecular weight is 387 g/mol. The second kappa shape index (κ2) is 10.3. The molecule has 6 heteroatoms. The number of carboxylic acid groups (broad SMARTS) is 1. The summed E-state index contributed by atoms with van der Waals surface area (Å²) in [5, 5.41) is 12.6. The van der Waals surface area contributed by atoms with Crippen LogP contribution in [0.1, 0.15) is 35.2 Å². The highest BCUT2D eigenvalue weighted by Gasteiger charge is 2.18. The molecular formula is C21H26N2O3S. The van der Waals surface area contributed by atoms with Crippen molar-refractivity contribution in [3.63, 3.8) is 0 Å². The summed E-state index contributed by atoms with van der Waals surface area (Å²) < 4.78 is 9.28. The van der Waals surface area contributed by atoms with Gasteiger partial charge in [-0.15, -0.1) is 0 Å². The predicted octanol–water partition coefficient (Wildman–Crippen LogP) is 3.75. The number of aromatic carboxylic acids is 1. The first-order valence-corrected chi connectivity index (χ1v) is 10.2. The van der Waals surface area contributed by atoms with Gasteiger partial charge in [0.1, 0.15) is 11.9 Å². The Hall–Kier alpha value is -2.02. The zero-order chi connectivity index (χ0) is 18.9. The highest BCUT2D eigenvalue weighted by atomic mass is 32.2. The van der Waals surface area contributed by atoms with Crippen molar-refractivity contribution in [1.82, 2.24) is 10.0 Å². The molecule has 3 rings (SSSR count). The first kappa shape index (κ1) is 19.7. The van der Waals surface area contributed by atoms with E-state index in [0.29, 0.717) is 5.56 Å². The monoisotopic (exact) mass is 386 g/mol. The van der Waals surface area contributed by atoms with Crippen LogP contribution in [0.15, 0.2) is 53.4 Å². The van der Waals surface area contributed by atoms with E-state index < -0.39 is 5.97 Å². The van der Waals surface area contributed by atoms with Gasteiger partial charge in [-0.2, -0.15) is 0 Å². The van der Waals surface area contributed by atoms with Crippen molar-refractivity contribution in [2.24, 2.45) is 0 Å². The Kier molecular flexibility index (Phi) is 7.56. The highest BCUT2D eigenvalue weighted by Crippen LogP contribution is 2.26. The number of ether oxygens (including phenoxy) is 1. The number of carbonyl (C=O) groups is 1. The molecule has 1 atom stereocenters. The molecular weight excluding hydrogens is 360 g/mol. The van der Waals surface area contributed by atoms with Crippen molar-refractivity contribution in [2.75, 3.05) is 19.6 Å². The van der Waals surface area contributed by atoms with Gasteiger partial charge in [0.05, 0.1) is 5.56 Å². The molecule has 0 bridgehead atoms. The number of hydrogen-bond donors (Lipinski definition) is 3. The lowest BCUT2D eigenvalue weighted by Crippen LogP contribution is -2.34. The van der Waals surface area contributed by atoms with E-state index in [1.54, 1.807) is 12.1 Å². The molecule has 27 heavy (non-hydrogen) atoms. The van der Waals surface area contributed by atoms with Crippen LogP contribution in [0.2, 0.25) is 0 Å². The SMILES string of the molecule is O=C(O)c1ccccc1SNCCCCNC[C@H]1CCc2ccccc2O1. The molecule has 1 aliphatic heterocycles. The molecule has 0 aromatic heterocycles. The van der Waals surface area contributed by atoms with Crippen LogP contribution < -0.4 is 14.8 Å². The molecule has 0 spiro atoms. The smallest absolute Gasteiger partial charge is 0.336 e. The van der Waals surface area contributed by atoms with Crippen molar-refractivity contribution >= 4 is 17.9 Å². The summed E-state index contributed by atoms with van der Waals surface area (Å²) in [5.41, 5.74) is 1.65. The fourth-order valence-electron chi connectivity index (χ4n) is 3.10. The van der Waals surface area contributed by atoms with Crippen LogP contribution in [0.5, 0.6) is 5.75 Å². The van der Waals surface area contributed by atoms with Crippen molar-refractivity contribution in [1.29, 1.82) is 0 Å². The third kappa shape index (κ3) is 5.99. The van der Waals surface area contributed by atoms with Gasteiger partial charge >= 0.3 is 5.97 Å². The molecule has 0 aliphatic carbocycles. The molecule has 0 saturated heterocycles. The van der Waals surface area contributed by atoms with E-state index in [1.807, 2.05) is 24.3 Å². The number of benzene rings is 2. The van der Waals surface area contributed by atoms with Gasteiger partial charge in [0.15, 0.2) is 0 Å². The van der Waals surface area contributed by atoms with Gasteiger partial charge in [-0.3, -0.25) is 4.72 Å². The Labute approximate surface area is 164 Å². The zero-order valence-corrected chi connectivity index (χ0v) is 16.1. The Bertz CT molecular complexity index is 754. The van der Waals surface area contributed by atoms with Gasteiger partial charge in [-0.05, 0) is 67.9 Å². The minimum absolute atomic E-state index is 0.251. The Morgan fingerprint density at radius 1 is 1.11 bits per heavy atom. The van der Waals surface area contributed by atoms with Crippen molar-refractivity contribution in [3.05, 3.63) is 59.7 Å². The van der Waals surface area contributed by atoms with Crippen molar-refractivity contribution in [2.45, 2.75) is 36.7 Å².